The van der Waals surface area contributed by atoms with Gasteiger partial charge in [0.05, 0.1) is 4.88 Å². The molecule has 1 aliphatic heterocycles. The number of thiophene rings is 1. The van der Waals surface area contributed by atoms with Crippen LogP contribution in [0.3, 0.4) is 0 Å². The van der Waals surface area contributed by atoms with Crippen LogP contribution in [-0.4, -0.2) is 51.8 Å². The second-order valence-corrected chi connectivity index (χ2v) is 7.85. The monoisotopic (exact) mass is 389 g/mol. The third kappa shape index (κ3) is 3.14. The maximum absolute atomic E-state index is 12.9. The summed E-state index contributed by atoms with van der Waals surface area (Å²) in [5.74, 6) is 1.77. The van der Waals surface area contributed by atoms with E-state index in [-0.39, 0.29) is 5.91 Å². The van der Waals surface area contributed by atoms with Crippen LogP contribution in [-0.2, 0) is 0 Å². The third-order valence-corrected chi connectivity index (χ3v) is 6.14. The number of fused-ring (bicyclic) bond motifs is 1. The van der Waals surface area contributed by atoms with Crippen LogP contribution in [0.15, 0.2) is 67.0 Å². The predicted molar refractivity (Wildman–Crippen MR) is 111 cm³/mol. The lowest BCUT2D eigenvalue weighted by atomic mass is 10.2. The lowest BCUT2D eigenvalue weighted by Gasteiger charge is -2.35. The molecule has 1 aromatic carbocycles. The first-order valence-corrected chi connectivity index (χ1v) is 10.1. The Kier molecular flexibility index (Phi) is 4.29. The van der Waals surface area contributed by atoms with E-state index >= 15 is 0 Å². The highest BCUT2D eigenvalue weighted by atomic mass is 32.1. The van der Waals surface area contributed by atoms with E-state index < -0.39 is 0 Å². The van der Waals surface area contributed by atoms with E-state index in [0.29, 0.717) is 13.1 Å². The number of anilines is 1. The average molecular weight is 389 g/mol. The number of piperazine rings is 1. The van der Waals surface area contributed by atoms with Crippen LogP contribution >= 0.6 is 11.3 Å². The standard InChI is InChI=1S/C21H19N5OS/c27-21(18-15-16-5-1-2-6-17(16)28-18)26-13-11-25(12-14-26)20-8-7-19(22-23-20)24-9-3-4-10-24/h1-10,15H,11-14H2. The van der Waals surface area contributed by atoms with Gasteiger partial charge in [-0.15, -0.1) is 21.5 Å². The van der Waals surface area contributed by atoms with Crippen LogP contribution in [0, 0.1) is 0 Å². The second-order valence-electron chi connectivity index (χ2n) is 6.77. The number of aromatic nitrogens is 3. The molecule has 7 heteroatoms. The van der Waals surface area contributed by atoms with Gasteiger partial charge in [-0.1, -0.05) is 18.2 Å². The minimum absolute atomic E-state index is 0.120. The number of carbonyl (C=O) groups is 1. The second kappa shape index (κ2) is 7.09. The van der Waals surface area contributed by atoms with Gasteiger partial charge in [0.15, 0.2) is 11.6 Å². The highest BCUT2D eigenvalue weighted by Crippen LogP contribution is 2.27. The van der Waals surface area contributed by atoms with E-state index in [1.807, 2.05) is 64.3 Å². The van der Waals surface area contributed by atoms with E-state index in [4.69, 9.17) is 0 Å². The van der Waals surface area contributed by atoms with Gasteiger partial charge < -0.3 is 14.4 Å². The Bertz CT molecular complexity index is 1060. The Balaban J connectivity index is 1.25. The summed E-state index contributed by atoms with van der Waals surface area (Å²) in [6.45, 7) is 2.89. The number of hydrogen-bond donors (Lipinski definition) is 0. The smallest absolute Gasteiger partial charge is 0.264 e. The fraction of sp³-hybridized carbons (Fsp3) is 0.190. The van der Waals surface area contributed by atoms with Crippen molar-refractivity contribution in [3.8, 4) is 5.82 Å². The highest BCUT2D eigenvalue weighted by Gasteiger charge is 2.24. The molecule has 5 rings (SSSR count). The molecule has 28 heavy (non-hydrogen) atoms. The Morgan fingerprint density at radius 3 is 2.29 bits per heavy atom. The number of hydrogen-bond acceptors (Lipinski definition) is 5. The zero-order valence-electron chi connectivity index (χ0n) is 15.2. The molecule has 3 aromatic heterocycles. The summed E-state index contributed by atoms with van der Waals surface area (Å²) in [5, 5.41) is 9.82. The molecular weight excluding hydrogens is 370 g/mol. The van der Waals surface area contributed by atoms with Gasteiger partial charge in [0.1, 0.15) is 0 Å². The number of amides is 1. The summed E-state index contributed by atoms with van der Waals surface area (Å²) in [6, 6.07) is 18.0. The Morgan fingerprint density at radius 2 is 1.57 bits per heavy atom. The maximum atomic E-state index is 12.9. The zero-order valence-corrected chi connectivity index (χ0v) is 16.0. The SMILES string of the molecule is O=C(c1cc2ccccc2s1)N1CCN(c2ccc(-n3cccc3)nn2)CC1. The van der Waals surface area contributed by atoms with Gasteiger partial charge in [-0.25, -0.2) is 0 Å². The molecule has 1 aliphatic rings. The van der Waals surface area contributed by atoms with Gasteiger partial charge in [-0.2, -0.15) is 0 Å². The predicted octanol–water partition coefficient (Wildman–Crippen LogP) is 3.44. The molecule has 0 unspecified atom stereocenters. The van der Waals surface area contributed by atoms with E-state index in [0.717, 1.165) is 39.7 Å². The van der Waals surface area contributed by atoms with Gasteiger partial charge >= 0.3 is 0 Å². The Morgan fingerprint density at radius 1 is 0.857 bits per heavy atom. The van der Waals surface area contributed by atoms with Gasteiger partial charge in [-0.3, -0.25) is 4.79 Å². The van der Waals surface area contributed by atoms with Crippen molar-refractivity contribution in [3.63, 3.8) is 0 Å². The molecule has 0 atom stereocenters. The van der Waals surface area contributed by atoms with Crippen LogP contribution in [0.1, 0.15) is 9.67 Å². The molecule has 6 nitrogen and oxygen atoms in total. The van der Waals surface area contributed by atoms with E-state index in [1.54, 1.807) is 11.3 Å². The summed E-state index contributed by atoms with van der Waals surface area (Å²) in [4.78, 5) is 17.8. The number of nitrogens with zero attached hydrogens (tertiary/aromatic N) is 5. The van der Waals surface area contributed by atoms with Gasteiger partial charge in [0, 0.05) is 43.3 Å². The maximum Gasteiger partial charge on any atom is 0.264 e. The van der Waals surface area contributed by atoms with Crippen LogP contribution in [0.5, 0.6) is 0 Å². The number of benzene rings is 1. The lowest BCUT2D eigenvalue weighted by molar-refractivity contribution is 0.0751. The van der Waals surface area contributed by atoms with Gasteiger partial charge in [0.25, 0.3) is 5.91 Å². The minimum atomic E-state index is 0.120. The summed E-state index contributed by atoms with van der Waals surface area (Å²) in [6.07, 6.45) is 3.89. The summed E-state index contributed by atoms with van der Waals surface area (Å²) in [7, 11) is 0. The van der Waals surface area contributed by atoms with Crippen molar-refractivity contribution in [2.45, 2.75) is 0 Å². The van der Waals surface area contributed by atoms with E-state index in [1.165, 1.54) is 0 Å². The largest absolute Gasteiger partial charge is 0.352 e. The van der Waals surface area contributed by atoms with Gasteiger partial charge in [0.2, 0.25) is 0 Å². The van der Waals surface area contributed by atoms with Crippen molar-refractivity contribution in [2.75, 3.05) is 31.1 Å². The Hall–Kier alpha value is -3.19. The first-order valence-electron chi connectivity index (χ1n) is 9.28. The Labute approximate surface area is 166 Å². The van der Waals surface area contributed by atoms with E-state index in [2.05, 4.69) is 27.2 Å². The van der Waals surface area contributed by atoms with Crippen molar-refractivity contribution >= 4 is 33.1 Å². The molecular formula is C21H19N5OS. The summed E-state index contributed by atoms with van der Waals surface area (Å²) < 4.78 is 3.08. The zero-order chi connectivity index (χ0) is 18.9. The van der Waals surface area contributed by atoms with Crippen molar-refractivity contribution in [1.82, 2.24) is 19.7 Å². The first-order chi connectivity index (χ1) is 13.8. The summed E-state index contributed by atoms with van der Waals surface area (Å²) >= 11 is 1.57. The molecule has 0 aliphatic carbocycles. The molecule has 0 bridgehead atoms. The molecule has 0 radical (unpaired) electrons. The van der Waals surface area contributed by atoms with Crippen molar-refractivity contribution in [1.29, 1.82) is 0 Å². The molecule has 0 saturated carbocycles. The topological polar surface area (TPSA) is 54.3 Å². The van der Waals surface area contributed by atoms with Crippen molar-refractivity contribution in [2.24, 2.45) is 0 Å². The number of rotatable bonds is 3. The van der Waals surface area contributed by atoms with Crippen LogP contribution in [0.25, 0.3) is 15.9 Å². The fourth-order valence-electron chi connectivity index (χ4n) is 3.49. The van der Waals surface area contributed by atoms with Crippen LogP contribution < -0.4 is 4.90 Å². The van der Waals surface area contributed by atoms with Crippen molar-refractivity contribution < 1.29 is 4.79 Å². The average Bonchev–Trinajstić information content (AvgIpc) is 3.43. The highest BCUT2D eigenvalue weighted by molar-refractivity contribution is 7.20. The normalized spacial score (nSPS) is 14.6. The minimum Gasteiger partial charge on any atom is -0.352 e. The molecule has 1 saturated heterocycles. The molecule has 4 aromatic rings. The van der Waals surface area contributed by atoms with Crippen LogP contribution in [0.2, 0.25) is 0 Å². The molecule has 1 fully saturated rings. The molecule has 4 heterocycles. The lowest BCUT2D eigenvalue weighted by Crippen LogP contribution is -2.49. The van der Waals surface area contributed by atoms with Crippen LogP contribution in [0.4, 0.5) is 5.82 Å². The molecule has 1 amide bonds. The number of carbonyl (C=O) groups excluding carboxylic acids is 1. The van der Waals surface area contributed by atoms with Crippen molar-refractivity contribution in [3.05, 3.63) is 71.9 Å². The molecule has 140 valence electrons. The fourth-order valence-corrected chi connectivity index (χ4v) is 4.52. The first kappa shape index (κ1) is 16.9. The summed E-state index contributed by atoms with van der Waals surface area (Å²) in [5.41, 5.74) is 0. The third-order valence-electron chi connectivity index (χ3n) is 5.03. The molecule has 0 spiro atoms. The molecule has 0 N–H and O–H groups in total. The van der Waals surface area contributed by atoms with Gasteiger partial charge in [-0.05, 0) is 41.8 Å². The van der Waals surface area contributed by atoms with E-state index in [9.17, 15) is 4.79 Å². The quantitative estimate of drug-likeness (QED) is 0.539.